The highest BCUT2D eigenvalue weighted by atomic mass is 16.6. The molecule has 6 nitrogen and oxygen atoms in total. The fourth-order valence-electron chi connectivity index (χ4n) is 2.79. The summed E-state index contributed by atoms with van der Waals surface area (Å²) < 4.78 is 10.5. The third kappa shape index (κ3) is 4.14. The smallest absolute Gasteiger partial charge is 0.264 e. The highest BCUT2D eigenvalue weighted by Gasteiger charge is 2.29. The molecular formula is C20H22N2O4. The van der Waals surface area contributed by atoms with E-state index >= 15 is 0 Å². The maximum atomic E-state index is 12.3. The minimum atomic E-state index is -0.603. The van der Waals surface area contributed by atoms with Crippen molar-refractivity contribution in [2.75, 3.05) is 20.8 Å². The van der Waals surface area contributed by atoms with Gasteiger partial charge in [-0.2, -0.15) is 0 Å². The van der Waals surface area contributed by atoms with Crippen LogP contribution in [0.15, 0.2) is 53.7 Å². The molecule has 0 aromatic heterocycles. The maximum absolute atomic E-state index is 12.3. The minimum absolute atomic E-state index is 0.153. The van der Waals surface area contributed by atoms with Crippen molar-refractivity contribution in [1.29, 1.82) is 0 Å². The van der Waals surface area contributed by atoms with Crippen LogP contribution in [-0.4, -0.2) is 38.5 Å². The molecule has 0 radical (unpaired) electrons. The van der Waals surface area contributed by atoms with Gasteiger partial charge in [0.25, 0.3) is 5.91 Å². The molecule has 1 aliphatic rings. The van der Waals surface area contributed by atoms with Gasteiger partial charge >= 0.3 is 0 Å². The Kier molecular flexibility index (Phi) is 5.73. The predicted molar refractivity (Wildman–Crippen MR) is 98.7 cm³/mol. The predicted octanol–water partition coefficient (Wildman–Crippen LogP) is 2.56. The first kappa shape index (κ1) is 17.8. The lowest BCUT2D eigenvalue weighted by atomic mass is 10.0. The Balaban J connectivity index is 1.53. The van der Waals surface area contributed by atoms with Crippen LogP contribution in [0.1, 0.15) is 17.5 Å². The van der Waals surface area contributed by atoms with E-state index in [0.717, 1.165) is 12.0 Å². The van der Waals surface area contributed by atoms with Crippen molar-refractivity contribution in [3.8, 4) is 11.5 Å². The summed E-state index contributed by atoms with van der Waals surface area (Å²) in [6.45, 7) is 0.564. The summed E-state index contributed by atoms with van der Waals surface area (Å²) in [7, 11) is 3.17. The van der Waals surface area contributed by atoms with Crippen molar-refractivity contribution in [2.45, 2.75) is 18.9 Å². The second kappa shape index (κ2) is 8.38. The van der Waals surface area contributed by atoms with E-state index in [9.17, 15) is 4.79 Å². The SMILES string of the molecule is COc1ccc(C2=NO[C@H](C(=O)NCCc3ccccc3)C2)cc1OC. The second-order valence-corrected chi connectivity index (χ2v) is 5.93. The van der Waals surface area contributed by atoms with Crippen LogP contribution in [-0.2, 0) is 16.1 Å². The highest BCUT2D eigenvalue weighted by molar-refractivity contribution is 6.04. The van der Waals surface area contributed by atoms with Gasteiger partial charge in [0.05, 0.1) is 19.9 Å². The van der Waals surface area contributed by atoms with Gasteiger partial charge in [-0.3, -0.25) is 4.79 Å². The van der Waals surface area contributed by atoms with E-state index < -0.39 is 6.10 Å². The first-order valence-corrected chi connectivity index (χ1v) is 8.48. The molecule has 1 aliphatic heterocycles. The van der Waals surface area contributed by atoms with Crippen molar-refractivity contribution >= 4 is 11.6 Å². The third-order valence-corrected chi connectivity index (χ3v) is 4.23. The first-order valence-electron chi connectivity index (χ1n) is 8.48. The van der Waals surface area contributed by atoms with Crippen LogP contribution in [0.3, 0.4) is 0 Å². The van der Waals surface area contributed by atoms with E-state index in [2.05, 4.69) is 10.5 Å². The van der Waals surface area contributed by atoms with Crippen molar-refractivity contribution < 1.29 is 19.1 Å². The zero-order chi connectivity index (χ0) is 18.4. The molecule has 0 aliphatic carbocycles. The molecule has 0 saturated heterocycles. The fraction of sp³-hybridized carbons (Fsp3) is 0.300. The zero-order valence-electron chi connectivity index (χ0n) is 14.9. The summed E-state index contributed by atoms with van der Waals surface area (Å²) in [5.41, 5.74) is 2.75. The largest absolute Gasteiger partial charge is 0.493 e. The van der Waals surface area contributed by atoms with Crippen LogP contribution in [0.25, 0.3) is 0 Å². The lowest BCUT2D eigenvalue weighted by Crippen LogP contribution is -2.36. The van der Waals surface area contributed by atoms with Gasteiger partial charge in [0.15, 0.2) is 11.5 Å². The molecule has 3 rings (SSSR count). The number of benzene rings is 2. The molecule has 0 unspecified atom stereocenters. The standard InChI is InChI=1S/C20H22N2O4/c1-24-17-9-8-15(12-18(17)25-2)16-13-19(26-22-16)20(23)21-11-10-14-6-4-3-5-7-14/h3-9,12,19H,10-11,13H2,1-2H3,(H,21,23)/t19-/m0/s1. The molecule has 2 aromatic rings. The number of hydrogen-bond acceptors (Lipinski definition) is 5. The number of ether oxygens (including phenoxy) is 2. The summed E-state index contributed by atoms with van der Waals surface area (Å²) in [5.74, 6) is 1.11. The van der Waals surface area contributed by atoms with Gasteiger partial charge in [0, 0.05) is 18.5 Å². The Labute approximate surface area is 152 Å². The average Bonchev–Trinajstić information content (AvgIpc) is 3.18. The number of oxime groups is 1. The van der Waals surface area contributed by atoms with Gasteiger partial charge in [0.1, 0.15) is 0 Å². The zero-order valence-corrected chi connectivity index (χ0v) is 14.9. The number of carbonyl (C=O) groups is 1. The van der Waals surface area contributed by atoms with E-state index in [1.807, 2.05) is 48.5 Å². The number of carbonyl (C=O) groups excluding carboxylic acids is 1. The van der Waals surface area contributed by atoms with Crippen LogP contribution in [0.5, 0.6) is 11.5 Å². The number of amides is 1. The summed E-state index contributed by atoms with van der Waals surface area (Å²) in [4.78, 5) is 17.6. The van der Waals surface area contributed by atoms with Crippen LogP contribution in [0.2, 0.25) is 0 Å². The lowest BCUT2D eigenvalue weighted by molar-refractivity contribution is -0.131. The highest BCUT2D eigenvalue weighted by Crippen LogP contribution is 2.29. The van der Waals surface area contributed by atoms with Gasteiger partial charge in [-0.25, -0.2) is 0 Å². The Morgan fingerprint density at radius 3 is 2.65 bits per heavy atom. The Hall–Kier alpha value is -3.02. The number of nitrogens with zero attached hydrogens (tertiary/aromatic N) is 1. The van der Waals surface area contributed by atoms with Crippen LogP contribution < -0.4 is 14.8 Å². The number of hydrogen-bond donors (Lipinski definition) is 1. The van der Waals surface area contributed by atoms with Gasteiger partial charge < -0.3 is 19.6 Å². The van der Waals surface area contributed by atoms with E-state index in [1.54, 1.807) is 14.2 Å². The molecule has 6 heteroatoms. The van der Waals surface area contributed by atoms with E-state index in [0.29, 0.717) is 30.2 Å². The molecule has 1 N–H and O–H groups in total. The molecule has 26 heavy (non-hydrogen) atoms. The van der Waals surface area contributed by atoms with Gasteiger partial charge in [-0.15, -0.1) is 0 Å². The topological polar surface area (TPSA) is 69.2 Å². The van der Waals surface area contributed by atoms with Gasteiger partial charge in [-0.05, 0) is 30.2 Å². The van der Waals surface area contributed by atoms with Crippen LogP contribution in [0, 0.1) is 0 Å². The molecule has 0 fully saturated rings. The van der Waals surface area contributed by atoms with Crippen molar-refractivity contribution in [3.63, 3.8) is 0 Å². The fourth-order valence-corrected chi connectivity index (χ4v) is 2.79. The van der Waals surface area contributed by atoms with Crippen molar-refractivity contribution in [2.24, 2.45) is 5.16 Å². The summed E-state index contributed by atoms with van der Waals surface area (Å²) in [6, 6.07) is 15.5. The molecular weight excluding hydrogens is 332 g/mol. The molecule has 2 aromatic carbocycles. The Morgan fingerprint density at radius 2 is 1.92 bits per heavy atom. The first-order chi connectivity index (χ1) is 12.7. The molecule has 0 saturated carbocycles. The third-order valence-electron chi connectivity index (χ3n) is 4.23. The monoisotopic (exact) mass is 354 g/mol. The summed E-state index contributed by atoms with van der Waals surface area (Å²) >= 11 is 0. The molecule has 0 spiro atoms. The number of nitrogens with one attached hydrogen (secondary N) is 1. The van der Waals surface area contributed by atoms with Gasteiger partial charge in [-0.1, -0.05) is 35.5 Å². The van der Waals surface area contributed by atoms with Crippen molar-refractivity contribution in [1.82, 2.24) is 5.32 Å². The van der Waals surface area contributed by atoms with E-state index in [-0.39, 0.29) is 5.91 Å². The minimum Gasteiger partial charge on any atom is -0.493 e. The van der Waals surface area contributed by atoms with E-state index in [1.165, 1.54) is 5.56 Å². The van der Waals surface area contributed by atoms with Crippen molar-refractivity contribution in [3.05, 3.63) is 59.7 Å². The summed E-state index contributed by atoms with van der Waals surface area (Å²) in [6.07, 6.45) is 0.601. The lowest BCUT2D eigenvalue weighted by Gasteiger charge is -2.10. The second-order valence-electron chi connectivity index (χ2n) is 5.93. The van der Waals surface area contributed by atoms with E-state index in [4.69, 9.17) is 14.3 Å². The van der Waals surface area contributed by atoms with Gasteiger partial charge in [0.2, 0.25) is 6.10 Å². The molecule has 0 bridgehead atoms. The summed E-state index contributed by atoms with van der Waals surface area (Å²) in [5, 5.41) is 6.97. The normalized spacial score (nSPS) is 15.8. The number of methoxy groups -OCH3 is 2. The molecule has 136 valence electrons. The molecule has 1 atom stereocenters. The Bertz CT molecular complexity index is 790. The average molecular weight is 354 g/mol. The van der Waals surface area contributed by atoms with Crippen LogP contribution in [0.4, 0.5) is 0 Å². The van der Waals surface area contributed by atoms with Crippen LogP contribution >= 0.6 is 0 Å². The maximum Gasteiger partial charge on any atom is 0.264 e. The quantitative estimate of drug-likeness (QED) is 0.830. The molecule has 1 heterocycles. The number of rotatable bonds is 7. The molecule has 1 amide bonds. The Morgan fingerprint density at radius 1 is 1.15 bits per heavy atom.